The summed E-state index contributed by atoms with van der Waals surface area (Å²) in [6, 6.07) is 0. The Morgan fingerprint density at radius 1 is 0.809 bits per heavy atom. The van der Waals surface area contributed by atoms with E-state index in [-0.39, 0.29) is 55.6 Å². The molecule has 0 unspecified atom stereocenters. The van der Waals surface area contributed by atoms with Crippen LogP contribution in [0.25, 0.3) is 0 Å². The fourth-order valence-electron chi connectivity index (χ4n) is 6.40. The minimum atomic E-state index is -0.842. The minimum absolute atomic E-state index is 0.0826. The van der Waals surface area contributed by atoms with Gasteiger partial charge >= 0.3 is 11.9 Å². The van der Waals surface area contributed by atoms with Gasteiger partial charge in [-0.2, -0.15) is 0 Å². The Balaban J connectivity index is 2.10. The Labute approximate surface area is 286 Å². The van der Waals surface area contributed by atoms with E-state index in [0.717, 1.165) is 63.7 Å². The SMILES string of the molecule is CCCCC[C@H](O)/C=C/[C@H]1[C@H](O)CC(=O)[C@@H]1CCCCCCC(=O)OC[C@H](CO)OC(=O)CCCCCCCCCCCCC(C)C. The lowest BCUT2D eigenvalue weighted by Crippen LogP contribution is -2.28. The van der Waals surface area contributed by atoms with Crippen LogP contribution in [0.15, 0.2) is 12.2 Å². The highest BCUT2D eigenvalue weighted by Gasteiger charge is 2.39. The molecule has 47 heavy (non-hydrogen) atoms. The third-order valence-corrected chi connectivity index (χ3v) is 9.38. The third-order valence-electron chi connectivity index (χ3n) is 9.38. The molecule has 274 valence electrons. The van der Waals surface area contributed by atoms with E-state index < -0.39 is 18.3 Å². The fraction of sp³-hybridized carbons (Fsp3) is 0.872. The van der Waals surface area contributed by atoms with Gasteiger partial charge in [-0.25, -0.2) is 0 Å². The van der Waals surface area contributed by atoms with Crippen molar-refractivity contribution >= 4 is 17.7 Å². The molecule has 0 spiro atoms. The number of carbonyl (C=O) groups is 3. The van der Waals surface area contributed by atoms with E-state index >= 15 is 0 Å². The van der Waals surface area contributed by atoms with Gasteiger partial charge in [-0.1, -0.05) is 136 Å². The van der Waals surface area contributed by atoms with Gasteiger partial charge in [0.15, 0.2) is 6.10 Å². The highest BCUT2D eigenvalue weighted by Crippen LogP contribution is 2.34. The summed E-state index contributed by atoms with van der Waals surface area (Å²) in [5.41, 5.74) is 0. The lowest BCUT2D eigenvalue weighted by Gasteiger charge is -2.18. The van der Waals surface area contributed by atoms with Crippen LogP contribution in [0.1, 0.15) is 168 Å². The van der Waals surface area contributed by atoms with Crippen LogP contribution in [0.5, 0.6) is 0 Å². The Bertz CT molecular complexity index is 841. The summed E-state index contributed by atoms with van der Waals surface area (Å²) in [4.78, 5) is 36.8. The first-order valence-corrected chi connectivity index (χ1v) is 19.2. The fourth-order valence-corrected chi connectivity index (χ4v) is 6.40. The molecule has 1 aliphatic rings. The topological polar surface area (TPSA) is 130 Å². The molecule has 0 bridgehead atoms. The Hall–Kier alpha value is -1.77. The molecule has 0 aromatic rings. The van der Waals surface area contributed by atoms with E-state index in [1.807, 2.05) is 6.08 Å². The normalized spacial score (nSPS) is 19.5. The molecule has 8 heteroatoms. The highest BCUT2D eigenvalue weighted by atomic mass is 16.6. The lowest BCUT2D eigenvalue weighted by atomic mass is 9.88. The summed E-state index contributed by atoms with van der Waals surface area (Å²) in [5, 5.41) is 30.1. The maximum Gasteiger partial charge on any atom is 0.306 e. The number of hydrogen-bond acceptors (Lipinski definition) is 8. The summed E-state index contributed by atoms with van der Waals surface area (Å²) < 4.78 is 10.6. The molecule has 0 radical (unpaired) electrons. The summed E-state index contributed by atoms with van der Waals surface area (Å²) in [7, 11) is 0. The summed E-state index contributed by atoms with van der Waals surface area (Å²) in [5.74, 6) is -0.332. The first-order chi connectivity index (χ1) is 22.7. The second-order valence-corrected chi connectivity index (χ2v) is 14.3. The van der Waals surface area contributed by atoms with E-state index in [0.29, 0.717) is 25.7 Å². The quantitative estimate of drug-likeness (QED) is 0.0398. The van der Waals surface area contributed by atoms with Gasteiger partial charge in [-0.3, -0.25) is 14.4 Å². The molecule has 0 aliphatic heterocycles. The van der Waals surface area contributed by atoms with Crippen LogP contribution >= 0.6 is 0 Å². The number of hydrogen-bond donors (Lipinski definition) is 3. The maximum absolute atomic E-state index is 12.5. The van der Waals surface area contributed by atoms with Gasteiger partial charge in [-0.15, -0.1) is 0 Å². The van der Waals surface area contributed by atoms with E-state index in [9.17, 15) is 29.7 Å². The highest BCUT2D eigenvalue weighted by molar-refractivity contribution is 5.84. The minimum Gasteiger partial charge on any atom is -0.462 e. The van der Waals surface area contributed by atoms with Gasteiger partial charge in [-0.05, 0) is 31.6 Å². The molecule has 5 atom stereocenters. The summed E-state index contributed by atoms with van der Waals surface area (Å²) in [6.45, 7) is 6.15. The number of Topliss-reactive ketones (excluding diaryl/α,β-unsaturated/α-hetero) is 1. The van der Waals surface area contributed by atoms with Crippen molar-refractivity contribution in [3.8, 4) is 0 Å². The van der Waals surface area contributed by atoms with Crippen LogP contribution < -0.4 is 0 Å². The van der Waals surface area contributed by atoms with Crippen LogP contribution in [-0.2, 0) is 23.9 Å². The zero-order valence-corrected chi connectivity index (χ0v) is 30.2. The zero-order chi connectivity index (χ0) is 34.7. The van der Waals surface area contributed by atoms with Crippen molar-refractivity contribution < 1.29 is 39.2 Å². The van der Waals surface area contributed by atoms with E-state index in [1.54, 1.807) is 6.08 Å². The molecular formula is C39H70O8. The van der Waals surface area contributed by atoms with Gasteiger partial charge < -0.3 is 24.8 Å². The molecule has 0 aromatic heterocycles. The predicted molar refractivity (Wildman–Crippen MR) is 188 cm³/mol. The van der Waals surface area contributed by atoms with Crippen molar-refractivity contribution in [2.24, 2.45) is 17.8 Å². The van der Waals surface area contributed by atoms with Gasteiger partial charge in [0.25, 0.3) is 0 Å². The van der Waals surface area contributed by atoms with Gasteiger partial charge in [0.2, 0.25) is 0 Å². The first-order valence-electron chi connectivity index (χ1n) is 19.2. The van der Waals surface area contributed by atoms with Gasteiger partial charge in [0, 0.05) is 31.1 Å². The molecule has 0 amide bonds. The molecule has 1 saturated carbocycles. The summed E-state index contributed by atoms with van der Waals surface area (Å²) in [6.07, 6.45) is 23.2. The third kappa shape index (κ3) is 22.5. The van der Waals surface area contributed by atoms with Crippen LogP contribution in [0.2, 0.25) is 0 Å². The maximum atomic E-state index is 12.5. The van der Waals surface area contributed by atoms with Crippen LogP contribution in [0.3, 0.4) is 0 Å². The van der Waals surface area contributed by atoms with Crippen LogP contribution in [0.4, 0.5) is 0 Å². The number of ether oxygens (including phenoxy) is 2. The second-order valence-electron chi connectivity index (χ2n) is 14.3. The molecule has 1 fully saturated rings. The molecule has 0 aromatic carbocycles. The molecule has 1 aliphatic carbocycles. The Morgan fingerprint density at radius 2 is 1.36 bits per heavy atom. The Morgan fingerprint density at radius 3 is 1.96 bits per heavy atom. The Kier molecular flexibility index (Phi) is 25.9. The van der Waals surface area contributed by atoms with Crippen molar-refractivity contribution in [2.75, 3.05) is 13.2 Å². The van der Waals surface area contributed by atoms with Crippen LogP contribution in [-0.4, -0.2) is 64.6 Å². The smallest absolute Gasteiger partial charge is 0.306 e. The average molecular weight is 667 g/mol. The number of esters is 2. The summed E-state index contributed by atoms with van der Waals surface area (Å²) >= 11 is 0. The van der Waals surface area contributed by atoms with E-state index in [4.69, 9.17) is 9.47 Å². The first kappa shape index (κ1) is 43.3. The molecular weight excluding hydrogens is 596 g/mol. The molecule has 3 N–H and O–H groups in total. The van der Waals surface area contributed by atoms with Crippen molar-refractivity contribution in [1.29, 1.82) is 0 Å². The predicted octanol–water partition coefficient (Wildman–Crippen LogP) is 8.18. The number of rotatable bonds is 30. The van der Waals surface area contributed by atoms with Crippen molar-refractivity contribution in [3.63, 3.8) is 0 Å². The van der Waals surface area contributed by atoms with Gasteiger partial charge in [0.05, 0.1) is 18.8 Å². The standard InChI is InChI=1S/C39H70O8/c1-4-5-16-22-32(41)26-27-35-34(36(42)28-37(35)43)23-18-14-15-19-24-38(44)46-30-33(29-40)47-39(45)25-20-13-11-9-7-6-8-10-12-17-21-31(2)3/h26-27,31-35,37,40-41,43H,4-25,28-30H2,1-3H3/b27-26+/t32-,33-,34+,35+,37+/m0/s1. The van der Waals surface area contributed by atoms with Crippen molar-refractivity contribution in [1.82, 2.24) is 0 Å². The van der Waals surface area contributed by atoms with Crippen molar-refractivity contribution in [3.05, 3.63) is 12.2 Å². The molecule has 1 rings (SSSR count). The zero-order valence-electron chi connectivity index (χ0n) is 30.2. The number of unbranched alkanes of at least 4 members (excludes halogenated alkanes) is 14. The van der Waals surface area contributed by atoms with Gasteiger partial charge in [0.1, 0.15) is 12.4 Å². The van der Waals surface area contributed by atoms with Crippen molar-refractivity contribution in [2.45, 2.75) is 187 Å². The van der Waals surface area contributed by atoms with E-state index in [2.05, 4.69) is 20.8 Å². The average Bonchev–Trinajstić information content (AvgIpc) is 3.31. The number of carbonyl (C=O) groups excluding carboxylic acids is 3. The van der Waals surface area contributed by atoms with E-state index in [1.165, 1.54) is 51.4 Å². The lowest BCUT2D eigenvalue weighted by molar-refractivity contribution is -0.161. The molecule has 8 nitrogen and oxygen atoms in total. The number of aliphatic hydroxyl groups is 3. The van der Waals surface area contributed by atoms with Crippen LogP contribution in [0, 0.1) is 17.8 Å². The second kappa shape index (κ2) is 28.1. The number of ketones is 1. The monoisotopic (exact) mass is 667 g/mol. The largest absolute Gasteiger partial charge is 0.462 e. The molecule has 0 saturated heterocycles. The number of aliphatic hydroxyl groups excluding tert-OH is 3. The molecule has 0 heterocycles.